The van der Waals surface area contributed by atoms with Gasteiger partial charge in [-0.25, -0.2) is 0 Å². The number of esters is 1. The van der Waals surface area contributed by atoms with E-state index >= 15 is 0 Å². The minimum Gasteiger partial charge on any atom is -0.465 e. The summed E-state index contributed by atoms with van der Waals surface area (Å²) < 4.78 is 4.86. The molecule has 1 amide bonds. The fraction of sp³-hybridized carbons (Fsp3) is 0.857. The number of carbonyl (C=O) groups is 2. The van der Waals surface area contributed by atoms with Gasteiger partial charge in [0.2, 0.25) is 5.91 Å². The van der Waals surface area contributed by atoms with Gasteiger partial charge in [0.1, 0.15) is 6.04 Å². The predicted octanol–water partition coefficient (Wildman–Crippen LogP) is 1.40. The maximum atomic E-state index is 12.3. The van der Waals surface area contributed by atoms with Crippen molar-refractivity contribution in [2.75, 3.05) is 25.4 Å². The Hall–Kier alpha value is -0.750. The van der Waals surface area contributed by atoms with Crippen molar-refractivity contribution in [3.8, 4) is 0 Å². The Kier molecular flexibility index (Phi) is 7.99. The van der Waals surface area contributed by atoms with Crippen LogP contribution in [0.3, 0.4) is 0 Å². The molecule has 2 unspecified atom stereocenters. The molecule has 0 bridgehead atoms. The van der Waals surface area contributed by atoms with Crippen LogP contribution in [0.4, 0.5) is 0 Å². The molecule has 5 nitrogen and oxygen atoms in total. The first-order valence-electron chi connectivity index (χ1n) is 7.38. The summed E-state index contributed by atoms with van der Waals surface area (Å²) in [4.78, 5) is 25.7. The topological polar surface area (TPSA) is 72.6 Å². The van der Waals surface area contributed by atoms with Crippen LogP contribution in [0.1, 0.15) is 39.5 Å². The molecule has 0 aliphatic carbocycles. The third-order valence-electron chi connectivity index (χ3n) is 3.38. The van der Waals surface area contributed by atoms with E-state index < -0.39 is 12.0 Å². The van der Waals surface area contributed by atoms with Crippen LogP contribution in [0.2, 0.25) is 0 Å². The molecular formula is C14H26N2O3S. The van der Waals surface area contributed by atoms with Crippen LogP contribution >= 0.6 is 11.8 Å². The first-order valence-corrected chi connectivity index (χ1v) is 8.43. The number of hydrogen-bond acceptors (Lipinski definition) is 5. The zero-order valence-corrected chi connectivity index (χ0v) is 13.3. The maximum absolute atomic E-state index is 12.3. The molecule has 0 saturated carbocycles. The predicted molar refractivity (Wildman–Crippen MR) is 81.6 cm³/mol. The highest BCUT2D eigenvalue weighted by molar-refractivity contribution is 8.00. The molecule has 1 saturated heterocycles. The van der Waals surface area contributed by atoms with E-state index in [4.69, 9.17) is 10.5 Å². The zero-order chi connectivity index (χ0) is 15.0. The van der Waals surface area contributed by atoms with E-state index in [0.717, 1.165) is 25.9 Å². The first-order chi connectivity index (χ1) is 9.56. The largest absolute Gasteiger partial charge is 0.465 e. The van der Waals surface area contributed by atoms with Crippen molar-refractivity contribution in [1.82, 2.24) is 4.90 Å². The van der Waals surface area contributed by atoms with Gasteiger partial charge in [-0.05, 0) is 26.7 Å². The monoisotopic (exact) mass is 302 g/mol. The molecule has 1 rings (SSSR count). The minimum absolute atomic E-state index is 0.159. The van der Waals surface area contributed by atoms with Gasteiger partial charge in [-0.2, -0.15) is 0 Å². The van der Waals surface area contributed by atoms with E-state index in [-0.39, 0.29) is 11.2 Å². The standard InChI is InChI=1S/C14H26N2O3S/c1-3-19-14(18)12(15)10-20-11(2)13(17)16-8-6-4-5-7-9-16/h11-12H,3-10,15H2,1-2H3. The third-order valence-corrected chi connectivity index (χ3v) is 4.63. The van der Waals surface area contributed by atoms with Crippen LogP contribution < -0.4 is 5.73 Å². The third kappa shape index (κ3) is 5.71. The molecule has 2 N–H and O–H groups in total. The van der Waals surface area contributed by atoms with Crippen molar-refractivity contribution < 1.29 is 14.3 Å². The number of carbonyl (C=O) groups excluding carboxylic acids is 2. The molecule has 2 atom stereocenters. The average Bonchev–Trinajstić information content (AvgIpc) is 2.72. The van der Waals surface area contributed by atoms with Crippen molar-refractivity contribution in [2.45, 2.75) is 50.8 Å². The number of ether oxygens (including phenoxy) is 1. The first kappa shape index (κ1) is 17.3. The molecule has 1 heterocycles. The molecule has 0 aromatic heterocycles. The van der Waals surface area contributed by atoms with Gasteiger partial charge < -0.3 is 15.4 Å². The fourth-order valence-electron chi connectivity index (χ4n) is 2.18. The molecule has 6 heteroatoms. The van der Waals surface area contributed by atoms with E-state index in [9.17, 15) is 9.59 Å². The second kappa shape index (κ2) is 9.23. The Morgan fingerprint density at radius 2 is 1.85 bits per heavy atom. The maximum Gasteiger partial charge on any atom is 0.323 e. The number of hydrogen-bond donors (Lipinski definition) is 1. The fourth-order valence-corrected chi connectivity index (χ4v) is 3.11. The smallest absolute Gasteiger partial charge is 0.323 e. The van der Waals surface area contributed by atoms with E-state index in [2.05, 4.69) is 0 Å². The number of nitrogens with two attached hydrogens (primary N) is 1. The molecular weight excluding hydrogens is 276 g/mol. The summed E-state index contributed by atoms with van der Waals surface area (Å²) in [6, 6.07) is -0.653. The lowest BCUT2D eigenvalue weighted by molar-refractivity contribution is -0.144. The summed E-state index contributed by atoms with van der Waals surface area (Å²) in [7, 11) is 0. The molecule has 20 heavy (non-hydrogen) atoms. The van der Waals surface area contributed by atoms with E-state index in [1.54, 1.807) is 6.92 Å². The Bertz CT molecular complexity index is 318. The van der Waals surface area contributed by atoms with Crippen LogP contribution in [0.15, 0.2) is 0 Å². The van der Waals surface area contributed by atoms with E-state index in [1.807, 2.05) is 11.8 Å². The van der Waals surface area contributed by atoms with Gasteiger partial charge in [-0.1, -0.05) is 12.8 Å². The summed E-state index contributed by atoms with van der Waals surface area (Å²) >= 11 is 1.43. The summed E-state index contributed by atoms with van der Waals surface area (Å²) in [5.41, 5.74) is 5.73. The van der Waals surface area contributed by atoms with Gasteiger partial charge in [0.25, 0.3) is 0 Å². The quantitative estimate of drug-likeness (QED) is 0.751. The van der Waals surface area contributed by atoms with Gasteiger partial charge >= 0.3 is 5.97 Å². The number of nitrogens with zero attached hydrogens (tertiary/aromatic N) is 1. The normalized spacial score (nSPS) is 19.1. The molecule has 116 valence electrons. The van der Waals surface area contributed by atoms with Crippen LogP contribution in [-0.4, -0.2) is 53.5 Å². The Labute approximate surface area is 125 Å². The highest BCUT2D eigenvalue weighted by Crippen LogP contribution is 2.17. The summed E-state index contributed by atoms with van der Waals surface area (Å²) in [6.07, 6.45) is 4.59. The second-order valence-corrected chi connectivity index (χ2v) is 6.45. The van der Waals surface area contributed by atoms with Gasteiger partial charge in [0, 0.05) is 18.8 Å². The van der Waals surface area contributed by atoms with Crippen LogP contribution in [0.5, 0.6) is 0 Å². The number of rotatable bonds is 6. The molecule has 0 spiro atoms. The Morgan fingerprint density at radius 3 is 2.40 bits per heavy atom. The van der Waals surface area contributed by atoms with Crippen LogP contribution in [0, 0.1) is 0 Å². The highest BCUT2D eigenvalue weighted by atomic mass is 32.2. The Morgan fingerprint density at radius 1 is 1.25 bits per heavy atom. The van der Waals surface area contributed by atoms with Crippen LogP contribution in [0.25, 0.3) is 0 Å². The van der Waals surface area contributed by atoms with Gasteiger partial charge in [-0.3, -0.25) is 9.59 Å². The minimum atomic E-state index is -0.653. The summed E-state index contributed by atoms with van der Waals surface area (Å²) in [6.45, 7) is 5.68. The number of amides is 1. The molecule has 0 aromatic carbocycles. The molecule has 1 aliphatic rings. The highest BCUT2D eigenvalue weighted by Gasteiger charge is 2.23. The SMILES string of the molecule is CCOC(=O)C(N)CSC(C)C(=O)N1CCCCCC1. The molecule has 0 aromatic rings. The number of thioether (sulfide) groups is 1. The van der Waals surface area contributed by atoms with Crippen LogP contribution in [-0.2, 0) is 14.3 Å². The lowest BCUT2D eigenvalue weighted by Crippen LogP contribution is -2.39. The average molecular weight is 302 g/mol. The van der Waals surface area contributed by atoms with Crippen molar-refractivity contribution in [3.05, 3.63) is 0 Å². The van der Waals surface area contributed by atoms with E-state index in [0.29, 0.717) is 12.4 Å². The lowest BCUT2D eigenvalue weighted by atomic mass is 10.2. The molecule has 1 fully saturated rings. The van der Waals surface area contributed by atoms with Crippen molar-refractivity contribution >= 4 is 23.6 Å². The van der Waals surface area contributed by atoms with Gasteiger partial charge in [0.15, 0.2) is 0 Å². The zero-order valence-electron chi connectivity index (χ0n) is 12.5. The summed E-state index contributed by atoms with van der Waals surface area (Å²) in [5.74, 6) is 0.182. The Balaban J connectivity index is 2.35. The van der Waals surface area contributed by atoms with Gasteiger partial charge in [0.05, 0.1) is 11.9 Å². The lowest BCUT2D eigenvalue weighted by Gasteiger charge is -2.24. The second-order valence-electron chi connectivity index (χ2n) is 5.07. The molecule has 0 radical (unpaired) electrons. The summed E-state index contributed by atoms with van der Waals surface area (Å²) in [5, 5.41) is -0.159. The number of likely N-dealkylation sites (tertiary alicyclic amines) is 1. The van der Waals surface area contributed by atoms with Crippen molar-refractivity contribution in [1.29, 1.82) is 0 Å². The van der Waals surface area contributed by atoms with Crippen molar-refractivity contribution in [3.63, 3.8) is 0 Å². The van der Waals surface area contributed by atoms with E-state index in [1.165, 1.54) is 24.6 Å². The van der Waals surface area contributed by atoms with Gasteiger partial charge in [-0.15, -0.1) is 11.8 Å². The van der Waals surface area contributed by atoms with Crippen molar-refractivity contribution in [2.24, 2.45) is 5.73 Å². The molecule has 1 aliphatic heterocycles.